The van der Waals surface area contributed by atoms with Crippen molar-refractivity contribution >= 4 is 11.6 Å². The second-order valence-electron chi connectivity index (χ2n) is 7.44. The smallest absolute Gasteiger partial charge is 0.219 e. The van der Waals surface area contributed by atoms with Gasteiger partial charge in [0, 0.05) is 58.3 Å². The fraction of sp³-hybridized carbons (Fsp3) is 0.476. The van der Waals surface area contributed by atoms with Gasteiger partial charge in [0.1, 0.15) is 0 Å². The van der Waals surface area contributed by atoms with Gasteiger partial charge in [0.25, 0.3) is 0 Å². The molecule has 1 aromatic carbocycles. The number of carbonyl (C=O) groups is 1. The molecule has 0 saturated carbocycles. The first-order valence-corrected chi connectivity index (χ1v) is 9.83. The molecular formula is C21H27N5O. The zero-order chi connectivity index (χ0) is 18.6. The van der Waals surface area contributed by atoms with Crippen molar-refractivity contribution in [1.29, 1.82) is 0 Å². The van der Waals surface area contributed by atoms with E-state index in [1.807, 2.05) is 17.3 Å². The maximum absolute atomic E-state index is 11.4. The molecule has 4 rings (SSSR count). The first kappa shape index (κ1) is 17.9. The number of hydrogen-bond acceptors (Lipinski definition) is 5. The van der Waals surface area contributed by atoms with Crippen LogP contribution in [0.1, 0.15) is 25.3 Å². The summed E-state index contributed by atoms with van der Waals surface area (Å²) in [6.07, 6.45) is 6.40. The van der Waals surface area contributed by atoms with Gasteiger partial charge >= 0.3 is 0 Å². The summed E-state index contributed by atoms with van der Waals surface area (Å²) in [5.74, 6) is 0.953. The molecule has 6 nitrogen and oxygen atoms in total. The fourth-order valence-electron chi connectivity index (χ4n) is 3.85. The van der Waals surface area contributed by atoms with Gasteiger partial charge in [-0.1, -0.05) is 24.3 Å². The lowest BCUT2D eigenvalue weighted by Gasteiger charge is -2.34. The monoisotopic (exact) mass is 365 g/mol. The minimum atomic E-state index is 0.176. The molecule has 2 saturated heterocycles. The van der Waals surface area contributed by atoms with Crippen LogP contribution >= 0.6 is 0 Å². The van der Waals surface area contributed by atoms with Crippen molar-refractivity contribution in [3.8, 4) is 11.4 Å². The van der Waals surface area contributed by atoms with E-state index in [4.69, 9.17) is 0 Å². The summed E-state index contributed by atoms with van der Waals surface area (Å²) in [6, 6.07) is 8.52. The minimum Gasteiger partial charge on any atom is -0.369 e. The van der Waals surface area contributed by atoms with Crippen molar-refractivity contribution in [3.05, 3.63) is 42.2 Å². The number of benzene rings is 1. The van der Waals surface area contributed by atoms with Crippen LogP contribution in [0.2, 0.25) is 0 Å². The van der Waals surface area contributed by atoms with Gasteiger partial charge in [0.2, 0.25) is 5.91 Å². The molecule has 1 amide bonds. The predicted octanol–water partition coefficient (Wildman–Crippen LogP) is 2.41. The Morgan fingerprint density at radius 1 is 0.926 bits per heavy atom. The van der Waals surface area contributed by atoms with Gasteiger partial charge in [0.05, 0.1) is 18.1 Å². The summed E-state index contributed by atoms with van der Waals surface area (Å²) < 4.78 is 0. The van der Waals surface area contributed by atoms with Gasteiger partial charge in [-0.05, 0) is 18.4 Å². The molecule has 2 fully saturated rings. The summed E-state index contributed by atoms with van der Waals surface area (Å²) in [5.41, 5.74) is 3.45. The second kappa shape index (κ2) is 8.05. The van der Waals surface area contributed by atoms with Gasteiger partial charge in [-0.3, -0.25) is 9.69 Å². The molecular weight excluding hydrogens is 338 g/mol. The van der Waals surface area contributed by atoms with E-state index in [2.05, 4.69) is 44.0 Å². The van der Waals surface area contributed by atoms with Crippen LogP contribution in [0.5, 0.6) is 0 Å². The number of amides is 1. The first-order valence-electron chi connectivity index (χ1n) is 9.83. The van der Waals surface area contributed by atoms with Crippen LogP contribution in [-0.4, -0.2) is 64.9 Å². The quantitative estimate of drug-likeness (QED) is 0.833. The summed E-state index contributed by atoms with van der Waals surface area (Å²) >= 11 is 0. The highest BCUT2D eigenvalue weighted by Crippen LogP contribution is 2.21. The van der Waals surface area contributed by atoms with Crippen molar-refractivity contribution in [2.75, 3.05) is 44.2 Å². The Bertz CT molecular complexity index is 760. The molecule has 27 heavy (non-hydrogen) atoms. The zero-order valence-electron chi connectivity index (χ0n) is 16.0. The van der Waals surface area contributed by atoms with E-state index >= 15 is 0 Å². The first-order chi connectivity index (χ1) is 13.2. The molecule has 0 N–H and O–H groups in total. The Balaban J connectivity index is 1.35. The van der Waals surface area contributed by atoms with Gasteiger partial charge in [-0.2, -0.15) is 0 Å². The molecule has 0 radical (unpaired) electrons. The third kappa shape index (κ3) is 4.27. The van der Waals surface area contributed by atoms with E-state index in [1.165, 1.54) is 18.4 Å². The Labute approximate surface area is 160 Å². The number of anilines is 1. The maximum Gasteiger partial charge on any atom is 0.219 e. The van der Waals surface area contributed by atoms with Gasteiger partial charge in [-0.25, -0.2) is 9.97 Å². The molecule has 2 aliphatic heterocycles. The molecule has 2 aliphatic rings. The topological polar surface area (TPSA) is 52.6 Å². The van der Waals surface area contributed by atoms with E-state index in [0.29, 0.717) is 0 Å². The van der Waals surface area contributed by atoms with Crippen molar-refractivity contribution in [2.45, 2.75) is 26.3 Å². The zero-order valence-corrected chi connectivity index (χ0v) is 16.0. The summed E-state index contributed by atoms with van der Waals surface area (Å²) in [7, 11) is 0. The number of aromatic nitrogens is 2. The van der Waals surface area contributed by atoms with E-state index in [0.717, 1.165) is 62.9 Å². The van der Waals surface area contributed by atoms with Crippen LogP contribution in [0.25, 0.3) is 11.4 Å². The van der Waals surface area contributed by atoms with E-state index in [1.54, 1.807) is 6.92 Å². The van der Waals surface area contributed by atoms with Crippen molar-refractivity contribution in [2.24, 2.45) is 0 Å². The van der Waals surface area contributed by atoms with Gasteiger partial charge in [0.15, 0.2) is 5.82 Å². The molecule has 142 valence electrons. The highest BCUT2D eigenvalue weighted by atomic mass is 16.2. The fourth-order valence-corrected chi connectivity index (χ4v) is 3.85. The Kier molecular flexibility index (Phi) is 5.34. The lowest BCUT2D eigenvalue weighted by Crippen LogP contribution is -2.47. The van der Waals surface area contributed by atoms with E-state index in [9.17, 15) is 4.79 Å². The average Bonchev–Trinajstić information content (AvgIpc) is 3.24. The normalized spacial score (nSPS) is 18.1. The number of nitrogens with zero attached hydrogens (tertiary/aromatic N) is 5. The largest absolute Gasteiger partial charge is 0.369 e. The molecule has 0 unspecified atom stereocenters. The third-order valence-electron chi connectivity index (χ3n) is 5.55. The van der Waals surface area contributed by atoms with Crippen molar-refractivity contribution < 1.29 is 4.79 Å². The van der Waals surface area contributed by atoms with E-state index < -0.39 is 0 Å². The van der Waals surface area contributed by atoms with Gasteiger partial charge < -0.3 is 9.80 Å². The molecule has 6 heteroatoms. The van der Waals surface area contributed by atoms with Crippen LogP contribution in [0.4, 0.5) is 5.69 Å². The van der Waals surface area contributed by atoms with Crippen LogP contribution in [0.3, 0.4) is 0 Å². The Hall–Kier alpha value is -2.47. The minimum absolute atomic E-state index is 0.176. The third-order valence-corrected chi connectivity index (χ3v) is 5.55. The molecule has 0 bridgehead atoms. The number of hydrogen-bond donors (Lipinski definition) is 0. The Morgan fingerprint density at radius 3 is 2.15 bits per heavy atom. The van der Waals surface area contributed by atoms with Crippen LogP contribution < -0.4 is 4.90 Å². The van der Waals surface area contributed by atoms with Crippen molar-refractivity contribution in [1.82, 2.24) is 19.8 Å². The lowest BCUT2D eigenvalue weighted by atomic mass is 10.1. The molecule has 3 heterocycles. The Morgan fingerprint density at radius 2 is 1.56 bits per heavy atom. The lowest BCUT2D eigenvalue weighted by molar-refractivity contribution is -0.130. The van der Waals surface area contributed by atoms with Crippen LogP contribution in [-0.2, 0) is 11.3 Å². The second-order valence-corrected chi connectivity index (χ2v) is 7.44. The average molecular weight is 365 g/mol. The van der Waals surface area contributed by atoms with Crippen LogP contribution in [0, 0.1) is 0 Å². The van der Waals surface area contributed by atoms with Crippen molar-refractivity contribution in [3.63, 3.8) is 0 Å². The highest BCUT2D eigenvalue weighted by Gasteiger charge is 2.18. The predicted molar refractivity (Wildman–Crippen MR) is 106 cm³/mol. The van der Waals surface area contributed by atoms with Crippen LogP contribution in [0.15, 0.2) is 36.7 Å². The number of piperazine rings is 1. The SMILES string of the molecule is CC(=O)N1CCN(Cc2ccc(-c3ncc(N4CCCC4)cn3)cc2)CC1. The summed E-state index contributed by atoms with van der Waals surface area (Å²) in [5, 5.41) is 0. The molecule has 0 atom stereocenters. The molecule has 0 spiro atoms. The summed E-state index contributed by atoms with van der Waals surface area (Å²) in [6.45, 7) is 8.30. The summed E-state index contributed by atoms with van der Waals surface area (Å²) in [4.78, 5) is 27.2. The molecule has 2 aromatic rings. The standard InChI is InChI=1S/C21H27N5O/c1-17(27)25-12-10-24(11-13-25)16-18-4-6-19(7-5-18)21-22-14-20(15-23-21)26-8-2-3-9-26/h4-7,14-15H,2-3,8-13,16H2,1H3. The maximum atomic E-state index is 11.4. The number of carbonyl (C=O) groups excluding carboxylic acids is 1. The van der Waals surface area contributed by atoms with Gasteiger partial charge in [-0.15, -0.1) is 0 Å². The highest BCUT2D eigenvalue weighted by molar-refractivity contribution is 5.73. The molecule has 1 aromatic heterocycles. The molecule has 0 aliphatic carbocycles. The number of rotatable bonds is 4. The van der Waals surface area contributed by atoms with E-state index in [-0.39, 0.29) is 5.91 Å².